The van der Waals surface area contributed by atoms with Gasteiger partial charge >= 0.3 is 0 Å². The average molecular weight is 335 g/mol. The van der Waals surface area contributed by atoms with Crippen LogP contribution in [0.1, 0.15) is 18.4 Å². The van der Waals surface area contributed by atoms with Crippen molar-refractivity contribution in [3.63, 3.8) is 0 Å². The molecule has 1 heterocycles. The monoisotopic (exact) mass is 334 g/mol. The normalized spacial score (nSPS) is 18.9. The van der Waals surface area contributed by atoms with Crippen molar-refractivity contribution in [2.75, 3.05) is 26.7 Å². The second-order valence-corrected chi connectivity index (χ2v) is 6.95. The van der Waals surface area contributed by atoms with Gasteiger partial charge in [0.2, 0.25) is 10.0 Å². The third kappa shape index (κ3) is 4.85. The van der Waals surface area contributed by atoms with Gasteiger partial charge in [0.1, 0.15) is 10.6 Å². The molecule has 2 N–H and O–H groups in total. The van der Waals surface area contributed by atoms with E-state index in [1.165, 1.54) is 7.11 Å². The van der Waals surface area contributed by atoms with Gasteiger partial charge in [0.25, 0.3) is 0 Å². The summed E-state index contributed by atoms with van der Waals surface area (Å²) in [5.41, 5.74) is 0.894. The molecule has 1 aromatic carbocycles. The van der Waals surface area contributed by atoms with Crippen LogP contribution in [0.2, 0.25) is 0 Å². The van der Waals surface area contributed by atoms with Crippen LogP contribution in [0.5, 0.6) is 5.75 Å². The summed E-state index contributed by atoms with van der Waals surface area (Å²) in [7, 11) is -2.05. The van der Waals surface area contributed by atoms with Crippen molar-refractivity contribution in [1.82, 2.24) is 10.0 Å². The number of hydrogen-bond donors (Lipinski definition) is 2. The van der Waals surface area contributed by atoms with Crippen molar-refractivity contribution >= 4 is 22.4 Å². The average Bonchev–Trinajstić information content (AvgIpc) is 2.46. The number of rotatable bonds is 5. The Kier molecular flexibility index (Phi) is 6.93. The first-order chi connectivity index (χ1) is 9.53. The molecule has 1 aliphatic rings. The molecule has 0 aliphatic carbocycles. The molecule has 1 saturated heterocycles. The van der Waals surface area contributed by atoms with Crippen molar-refractivity contribution in [2.24, 2.45) is 5.92 Å². The highest BCUT2D eigenvalue weighted by Gasteiger charge is 2.22. The summed E-state index contributed by atoms with van der Waals surface area (Å²) < 4.78 is 32.6. The Labute approximate surface area is 132 Å². The molecule has 1 fully saturated rings. The summed E-state index contributed by atoms with van der Waals surface area (Å²) in [6.07, 6.45) is 2.15. The Morgan fingerprint density at radius 3 is 2.81 bits per heavy atom. The van der Waals surface area contributed by atoms with E-state index in [2.05, 4.69) is 10.0 Å². The first-order valence-corrected chi connectivity index (χ1v) is 8.36. The molecule has 0 amide bonds. The lowest BCUT2D eigenvalue weighted by Gasteiger charge is -2.23. The van der Waals surface area contributed by atoms with Crippen LogP contribution in [0.3, 0.4) is 0 Å². The lowest BCUT2D eigenvalue weighted by atomic mass is 10.0. The quantitative estimate of drug-likeness (QED) is 0.860. The minimum atomic E-state index is -3.53. The summed E-state index contributed by atoms with van der Waals surface area (Å²) in [6, 6.07) is 5.16. The van der Waals surface area contributed by atoms with Gasteiger partial charge in [0.15, 0.2) is 0 Å². The summed E-state index contributed by atoms with van der Waals surface area (Å²) in [5, 5.41) is 3.28. The van der Waals surface area contributed by atoms with Crippen LogP contribution in [0.4, 0.5) is 0 Å². The van der Waals surface area contributed by atoms with Gasteiger partial charge in [-0.3, -0.25) is 0 Å². The number of benzene rings is 1. The highest BCUT2D eigenvalue weighted by molar-refractivity contribution is 7.89. The summed E-state index contributed by atoms with van der Waals surface area (Å²) in [6.45, 7) is 4.22. The van der Waals surface area contributed by atoms with Gasteiger partial charge < -0.3 is 10.1 Å². The van der Waals surface area contributed by atoms with Crippen molar-refractivity contribution in [3.8, 4) is 5.75 Å². The summed E-state index contributed by atoms with van der Waals surface area (Å²) >= 11 is 0. The van der Waals surface area contributed by atoms with E-state index >= 15 is 0 Å². The van der Waals surface area contributed by atoms with Gasteiger partial charge in [-0.25, -0.2) is 13.1 Å². The molecule has 2 rings (SSSR count). The number of ether oxygens (including phenoxy) is 1. The predicted molar refractivity (Wildman–Crippen MR) is 85.8 cm³/mol. The van der Waals surface area contributed by atoms with Crippen molar-refractivity contribution in [2.45, 2.75) is 24.7 Å². The smallest absolute Gasteiger partial charge is 0.244 e. The fraction of sp³-hybridized carbons (Fsp3) is 0.571. The molecule has 1 aliphatic heterocycles. The zero-order valence-electron chi connectivity index (χ0n) is 12.4. The molecule has 7 heteroatoms. The van der Waals surface area contributed by atoms with E-state index < -0.39 is 10.0 Å². The molecule has 1 aromatic rings. The van der Waals surface area contributed by atoms with E-state index in [1.54, 1.807) is 12.1 Å². The van der Waals surface area contributed by atoms with Gasteiger partial charge in [-0.05, 0) is 56.5 Å². The minimum absolute atomic E-state index is 0. The van der Waals surface area contributed by atoms with E-state index in [1.807, 2.05) is 13.0 Å². The number of hydrogen-bond acceptors (Lipinski definition) is 4. The Morgan fingerprint density at radius 2 is 2.19 bits per heavy atom. The van der Waals surface area contributed by atoms with Crippen LogP contribution in [0.15, 0.2) is 23.1 Å². The van der Waals surface area contributed by atoms with E-state index in [4.69, 9.17) is 4.74 Å². The fourth-order valence-electron chi connectivity index (χ4n) is 2.40. The first kappa shape index (κ1) is 18.2. The number of sulfonamides is 1. The number of aryl methyl sites for hydroxylation is 1. The number of piperidine rings is 1. The largest absolute Gasteiger partial charge is 0.495 e. The topological polar surface area (TPSA) is 67.4 Å². The molecule has 0 radical (unpaired) electrons. The van der Waals surface area contributed by atoms with E-state index in [0.29, 0.717) is 18.2 Å². The molecule has 1 unspecified atom stereocenters. The molecule has 0 bridgehead atoms. The van der Waals surface area contributed by atoms with Crippen molar-refractivity contribution in [1.29, 1.82) is 0 Å². The Balaban J connectivity index is 0.00000220. The zero-order chi connectivity index (χ0) is 14.6. The molecule has 0 spiro atoms. The number of halogens is 1. The van der Waals surface area contributed by atoms with Crippen LogP contribution in [-0.2, 0) is 10.0 Å². The predicted octanol–water partition coefficient (Wildman–Crippen LogP) is 1.70. The summed E-state index contributed by atoms with van der Waals surface area (Å²) in [4.78, 5) is 0.212. The Hall–Kier alpha value is -0.820. The van der Waals surface area contributed by atoms with Crippen LogP contribution >= 0.6 is 12.4 Å². The molecule has 0 saturated carbocycles. The van der Waals surface area contributed by atoms with Gasteiger partial charge in [-0.2, -0.15) is 0 Å². The zero-order valence-corrected chi connectivity index (χ0v) is 14.0. The molecular formula is C14H23ClN2O3S. The van der Waals surface area contributed by atoms with Crippen LogP contribution in [0.25, 0.3) is 0 Å². The SMILES string of the molecule is COc1ccc(C)cc1S(=O)(=O)NCC1CCCNC1.Cl. The van der Waals surface area contributed by atoms with Crippen LogP contribution in [-0.4, -0.2) is 35.2 Å². The van der Waals surface area contributed by atoms with Crippen molar-refractivity contribution < 1.29 is 13.2 Å². The minimum Gasteiger partial charge on any atom is -0.495 e. The van der Waals surface area contributed by atoms with Crippen LogP contribution in [0, 0.1) is 12.8 Å². The van der Waals surface area contributed by atoms with Gasteiger partial charge in [0.05, 0.1) is 7.11 Å². The highest BCUT2D eigenvalue weighted by Crippen LogP contribution is 2.24. The summed E-state index contributed by atoms with van der Waals surface area (Å²) in [5.74, 6) is 0.735. The maximum Gasteiger partial charge on any atom is 0.244 e. The van der Waals surface area contributed by atoms with Crippen LogP contribution < -0.4 is 14.8 Å². The van der Waals surface area contributed by atoms with E-state index in [-0.39, 0.29) is 17.3 Å². The van der Waals surface area contributed by atoms with E-state index in [9.17, 15) is 8.42 Å². The second kappa shape index (κ2) is 7.98. The lowest BCUT2D eigenvalue weighted by molar-refractivity contribution is 0.374. The fourth-order valence-corrected chi connectivity index (χ4v) is 3.77. The third-order valence-electron chi connectivity index (χ3n) is 3.57. The molecule has 5 nitrogen and oxygen atoms in total. The standard InChI is InChI=1S/C14H22N2O3S.ClH/c1-11-5-6-13(19-2)14(8-11)20(17,18)16-10-12-4-3-7-15-9-12;/h5-6,8,12,15-16H,3-4,7,9-10H2,1-2H3;1H. The lowest BCUT2D eigenvalue weighted by Crippen LogP contribution is -2.38. The first-order valence-electron chi connectivity index (χ1n) is 6.88. The number of nitrogens with one attached hydrogen (secondary N) is 2. The maximum atomic E-state index is 12.4. The molecular weight excluding hydrogens is 312 g/mol. The van der Waals surface area contributed by atoms with E-state index in [0.717, 1.165) is 31.5 Å². The molecule has 21 heavy (non-hydrogen) atoms. The highest BCUT2D eigenvalue weighted by atomic mass is 35.5. The maximum absolute atomic E-state index is 12.4. The second-order valence-electron chi connectivity index (χ2n) is 5.22. The Morgan fingerprint density at radius 1 is 1.43 bits per heavy atom. The third-order valence-corrected chi connectivity index (χ3v) is 5.01. The van der Waals surface area contributed by atoms with Crippen molar-refractivity contribution in [3.05, 3.63) is 23.8 Å². The Bertz CT molecular complexity index is 557. The molecule has 1 atom stereocenters. The van der Waals surface area contributed by atoms with Gasteiger partial charge in [-0.1, -0.05) is 6.07 Å². The van der Waals surface area contributed by atoms with Gasteiger partial charge in [-0.15, -0.1) is 12.4 Å². The van der Waals surface area contributed by atoms with Gasteiger partial charge in [0, 0.05) is 6.54 Å². The number of methoxy groups -OCH3 is 1. The molecule has 120 valence electrons. The molecule has 0 aromatic heterocycles.